The van der Waals surface area contributed by atoms with Crippen LogP contribution in [0.25, 0.3) is 0 Å². The summed E-state index contributed by atoms with van der Waals surface area (Å²) < 4.78 is 0. The molecule has 2 amide bonds. The normalized spacial score (nSPS) is 20.6. The predicted octanol–water partition coefficient (Wildman–Crippen LogP) is 4.01. The second-order valence-electron chi connectivity index (χ2n) is 7.22. The van der Waals surface area contributed by atoms with Crippen LogP contribution in [0.2, 0.25) is 0 Å². The van der Waals surface area contributed by atoms with E-state index in [1.54, 1.807) is 7.05 Å². The smallest absolute Gasteiger partial charge is 0.229 e. The van der Waals surface area contributed by atoms with Crippen molar-refractivity contribution in [2.75, 3.05) is 7.05 Å². The number of likely N-dealkylation sites (tertiary alicyclic amines) is 1. The summed E-state index contributed by atoms with van der Waals surface area (Å²) in [5, 5.41) is 0. The first-order valence-corrected chi connectivity index (χ1v) is 8.09. The Hall–Kier alpha value is -0.860. The molecule has 20 heavy (non-hydrogen) atoms. The van der Waals surface area contributed by atoms with Crippen molar-refractivity contribution in [3.8, 4) is 0 Å². The second-order valence-corrected chi connectivity index (χ2v) is 7.22. The van der Waals surface area contributed by atoms with Gasteiger partial charge >= 0.3 is 0 Å². The monoisotopic (exact) mass is 281 g/mol. The van der Waals surface area contributed by atoms with Crippen molar-refractivity contribution >= 4 is 11.8 Å². The van der Waals surface area contributed by atoms with E-state index in [0.717, 1.165) is 25.7 Å². The van der Waals surface area contributed by atoms with Gasteiger partial charge in [0.2, 0.25) is 11.8 Å². The van der Waals surface area contributed by atoms with Crippen molar-refractivity contribution in [2.45, 2.75) is 72.6 Å². The maximum atomic E-state index is 12.0. The highest BCUT2D eigenvalue weighted by atomic mass is 16.2. The highest BCUT2D eigenvalue weighted by Gasteiger charge is 2.41. The molecule has 1 aliphatic heterocycles. The maximum Gasteiger partial charge on any atom is 0.229 e. The number of hydrogen-bond acceptors (Lipinski definition) is 2. The Morgan fingerprint density at radius 1 is 1.10 bits per heavy atom. The number of carbonyl (C=O) groups is 2. The van der Waals surface area contributed by atoms with Gasteiger partial charge in [-0.2, -0.15) is 0 Å². The minimum absolute atomic E-state index is 0.00575. The molecule has 1 rings (SSSR count). The summed E-state index contributed by atoms with van der Waals surface area (Å²) in [6.45, 7) is 8.94. The topological polar surface area (TPSA) is 37.4 Å². The van der Waals surface area contributed by atoms with Gasteiger partial charge in [-0.25, -0.2) is 0 Å². The van der Waals surface area contributed by atoms with E-state index in [-0.39, 0.29) is 17.2 Å². The van der Waals surface area contributed by atoms with Crippen molar-refractivity contribution in [1.29, 1.82) is 0 Å². The number of amides is 2. The summed E-state index contributed by atoms with van der Waals surface area (Å²) in [7, 11) is 1.61. The summed E-state index contributed by atoms with van der Waals surface area (Å²) in [4.78, 5) is 25.4. The summed E-state index contributed by atoms with van der Waals surface area (Å²) in [5.41, 5.74) is -0.0688. The van der Waals surface area contributed by atoms with E-state index < -0.39 is 0 Å². The minimum Gasteiger partial charge on any atom is -0.286 e. The largest absolute Gasteiger partial charge is 0.286 e. The Labute approximate surface area is 124 Å². The van der Waals surface area contributed by atoms with Gasteiger partial charge in [0.25, 0.3) is 0 Å². The summed E-state index contributed by atoms with van der Waals surface area (Å²) in [6, 6.07) is 0. The fourth-order valence-electron chi connectivity index (χ4n) is 3.56. The van der Waals surface area contributed by atoms with E-state index in [1.807, 2.05) is 0 Å². The lowest BCUT2D eigenvalue weighted by Crippen LogP contribution is -2.46. The van der Waals surface area contributed by atoms with Gasteiger partial charge in [-0.05, 0) is 36.5 Å². The highest BCUT2D eigenvalue weighted by Crippen LogP contribution is 2.42. The average Bonchev–Trinajstić information content (AvgIpc) is 2.33. The number of hydrogen-bond donors (Lipinski definition) is 0. The average molecular weight is 281 g/mol. The molecular formula is C17H31NO2. The van der Waals surface area contributed by atoms with Crippen molar-refractivity contribution in [1.82, 2.24) is 4.90 Å². The van der Waals surface area contributed by atoms with Gasteiger partial charge in [0, 0.05) is 19.9 Å². The van der Waals surface area contributed by atoms with Crippen LogP contribution < -0.4 is 0 Å². The van der Waals surface area contributed by atoms with E-state index in [9.17, 15) is 9.59 Å². The molecule has 116 valence electrons. The van der Waals surface area contributed by atoms with Crippen LogP contribution in [0.15, 0.2) is 0 Å². The molecule has 0 aromatic carbocycles. The van der Waals surface area contributed by atoms with Crippen LogP contribution >= 0.6 is 0 Å². The molecule has 1 heterocycles. The minimum atomic E-state index is -0.0688. The summed E-state index contributed by atoms with van der Waals surface area (Å²) in [5.74, 6) is 1.40. The number of nitrogens with zero attached hydrogens (tertiary/aromatic N) is 1. The Bertz CT molecular complexity index is 331. The van der Waals surface area contributed by atoms with E-state index in [2.05, 4.69) is 27.7 Å². The van der Waals surface area contributed by atoms with Crippen molar-refractivity contribution in [3.05, 3.63) is 0 Å². The van der Waals surface area contributed by atoms with Crippen molar-refractivity contribution < 1.29 is 9.59 Å². The molecule has 1 unspecified atom stereocenters. The molecule has 0 aromatic rings. The fraction of sp³-hybridized carbons (Fsp3) is 0.882. The first kappa shape index (κ1) is 17.2. The van der Waals surface area contributed by atoms with E-state index in [0.29, 0.717) is 24.7 Å². The molecule has 0 aliphatic carbocycles. The number of piperidine rings is 1. The van der Waals surface area contributed by atoms with Crippen LogP contribution in [0.5, 0.6) is 0 Å². The molecule has 1 fully saturated rings. The van der Waals surface area contributed by atoms with Gasteiger partial charge in [0.05, 0.1) is 0 Å². The van der Waals surface area contributed by atoms with Crippen molar-refractivity contribution in [2.24, 2.45) is 17.3 Å². The van der Waals surface area contributed by atoms with Gasteiger partial charge in [-0.15, -0.1) is 0 Å². The molecule has 0 aromatic heterocycles. The molecule has 0 bridgehead atoms. The predicted molar refractivity (Wildman–Crippen MR) is 82.2 cm³/mol. The lowest BCUT2D eigenvalue weighted by molar-refractivity contribution is -0.152. The van der Waals surface area contributed by atoms with Crippen LogP contribution in [-0.2, 0) is 9.59 Å². The van der Waals surface area contributed by atoms with E-state index >= 15 is 0 Å². The summed E-state index contributed by atoms with van der Waals surface area (Å²) in [6.07, 6.45) is 6.51. The van der Waals surface area contributed by atoms with Gasteiger partial charge in [-0.3, -0.25) is 14.5 Å². The standard InChI is InChI=1S/C17H31NO2/c1-6-8-17(9-7-14(4)10-13(2)3)11-15(19)18(5)16(20)12-17/h13-14H,6-12H2,1-5H3. The van der Waals surface area contributed by atoms with E-state index in [1.165, 1.54) is 11.3 Å². The lowest BCUT2D eigenvalue weighted by Gasteiger charge is -2.39. The molecule has 1 aliphatic rings. The number of carbonyl (C=O) groups excluding carboxylic acids is 2. The third-order valence-corrected chi connectivity index (χ3v) is 4.62. The molecule has 0 saturated carbocycles. The molecular weight excluding hydrogens is 250 g/mol. The van der Waals surface area contributed by atoms with Gasteiger partial charge in [0.1, 0.15) is 0 Å². The third-order valence-electron chi connectivity index (χ3n) is 4.62. The Morgan fingerprint density at radius 2 is 1.65 bits per heavy atom. The van der Waals surface area contributed by atoms with Crippen LogP contribution in [0.1, 0.15) is 72.6 Å². The zero-order chi connectivity index (χ0) is 15.3. The number of imide groups is 1. The zero-order valence-corrected chi connectivity index (χ0v) is 13.9. The second kappa shape index (κ2) is 7.24. The van der Waals surface area contributed by atoms with Crippen LogP contribution in [0, 0.1) is 17.3 Å². The van der Waals surface area contributed by atoms with Gasteiger partial charge in [0.15, 0.2) is 0 Å². The Balaban J connectivity index is 2.68. The SMILES string of the molecule is CCCC1(CCC(C)CC(C)C)CC(=O)N(C)C(=O)C1. The van der Waals surface area contributed by atoms with E-state index in [4.69, 9.17) is 0 Å². The lowest BCUT2D eigenvalue weighted by atomic mass is 9.70. The fourth-order valence-corrected chi connectivity index (χ4v) is 3.56. The highest BCUT2D eigenvalue weighted by molar-refractivity contribution is 5.98. The van der Waals surface area contributed by atoms with Gasteiger partial charge < -0.3 is 0 Å². The maximum absolute atomic E-state index is 12.0. The summed E-state index contributed by atoms with van der Waals surface area (Å²) >= 11 is 0. The molecule has 0 spiro atoms. The molecule has 3 nitrogen and oxygen atoms in total. The third kappa shape index (κ3) is 4.60. The number of rotatable bonds is 7. The van der Waals surface area contributed by atoms with Gasteiger partial charge in [-0.1, -0.05) is 40.5 Å². The first-order chi connectivity index (χ1) is 9.29. The van der Waals surface area contributed by atoms with Crippen LogP contribution in [0.3, 0.4) is 0 Å². The van der Waals surface area contributed by atoms with Crippen LogP contribution in [-0.4, -0.2) is 23.8 Å². The Morgan fingerprint density at radius 3 is 2.10 bits per heavy atom. The molecule has 1 saturated heterocycles. The molecule has 0 N–H and O–H groups in total. The Kier molecular flexibility index (Phi) is 6.22. The zero-order valence-electron chi connectivity index (χ0n) is 13.9. The molecule has 3 heteroatoms. The molecule has 1 atom stereocenters. The van der Waals surface area contributed by atoms with Crippen molar-refractivity contribution in [3.63, 3.8) is 0 Å². The first-order valence-electron chi connectivity index (χ1n) is 8.09. The quantitative estimate of drug-likeness (QED) is 0.661. The molecule has 0 radical (unpaired) electrons. The van der Waals surface area contributed by atoms with Crippen LogP contribution in [0.4, 0.5) is 0 Å².